The highest BCUT2D eigenvalue weighted by Crippen LogP contribution is 2.19. The van der Waals surface area contributed by atoms with E-state index in [-0.39, 0.29) is 0 Å². The van der Waals surface area contributed by atoms with Gasteiger partial charge in [-0.3, -0.25) is 4.99 Å². The highest BCUT2D eigenvalue weighted by Gasteiger charge is 2.21. The number of aryl methyl sites for hydroxylation is 3. The molecule has 0 radical (unpaired) electrons. The van der Waals surface area contributed by atoms with Crippen LogP contribution in [0.4, 0.5) is 5.13 Å². The molecule has 2 heterocycles. The van der Waals surface area contributed by atoms with Gasteiger partial charge >= 0.3 is 0 Å². The molecule has 146 valence electrons. The van der Waals surface area contributed by atoms with Crippen LogP contribution in [0.2, 0.25) is 0 Å². The lowest BCUT2D eigenvalue weighted by Crippen LogP contribution is -2.52. The SMILES string of the molecule is CCc1nsc(N2CCN(C(=NC)NCCc3cc(C)cc(C)c3)CC2)n1. The number of aromatic nitrogens is 2. The summed E-state index contributed by atoms with van der Waals surface area (Å²) in [5.41, 5.74) is 4.03. The van der Waals surface area contributed by atoms with Gasteiger partial charge in [0, 0.05) is 57.7 Å². The summed E-state index contributed by atoms with van der Waals surface area (Å²) in [6, 6.07) is 6.75. The molecule has 27 heavy (non-hydrogen) atoms. The molecule has 1 saturated heterocycles. The van der Waals surface area contributed by atoms with Crippen molar-refractivity contribution in [2.75, 3.05) is 44.7 Å². The highest BCUT2D eigenvalue weighted by atomic mass is 32.1. The predicted octanol–water partition coefficient (Wildman–Crippen LogP) is 2.66. The molecule has 6 nitrogen and oxygen atoms in total. The average Bonchev–Trinajstić information content (AvgIpc) is 3.14. The van der Waals surface area contributed by atoms with E-state index in [2.05, 4.69) is 68.4 Å². The monoisotopic (exact) mass is 386 g/mol. The zero-order valence-electron chi connectivity index (χ0n) is 16.8. The molecule has 1 aromatic heterocycles. The Kier molecular flexibility index (Phi) is 6.66. The van der Waals surface area contributed by atoms with Gasteiger partial charge in [0.1, 0.15) is 5.82 Å². The minimum absolute atomic E-state index is 0.895. The van der Waals surface area contributed by atoms with Crippen LogP contribution in [0.3, 0.4) is 0 Å². The van der Waals surface area contributed by atoms with Crippen LogP contribution in [0.15, 0.2) is 23.2 Å². The first kappa shape index (κ1) is 19.6. The molecular weight excluding hydrogens is 356 g/mol. The topological polar surface area (TPSA) is 56.7 Å². The number of rotatable bonds is 5. The smallest absolute Gasteiger partial charge is 0.205 e. The highest BCUT2D eigenvalue weighted by molar-refractivity contribution is 7.09. The van der Waals surface area contributed by atoms with Crippen LogP contribution < -0.4 is 10.2 Å². The van der Waals surface area contributed by atoms with Crippen molar-refractivity contribution in [1.82, 2.24) is 19.6 Å². The Morgan fingerprint density at radius 3 is 2.44 bits per heavy atom. The van der Waals surface area contributed by atoms with E-state index in [1.165, 1.54) is 28.2 Å². The van der Waals surface area contributed by atoms with E-state index in [0.29, 0.717) is 0 Å². The third kappa shape index (κ3) is 5.19. The molecule has 7 heteroatoms. The van der Waals surface area contributed by atoms with Crippen LogP contribution in [0.1, 0.15) is 29.4 Å². The lowest BCUT2D eigenvalue weighted by Gasteiger charge is -2.36. The van der Waals surface area contributed by atoms with E-state index in [1.807, 2.05) is 7.05 Å². The third-order valence-corrected chi connectivity index (χ3v) is 5.63. The second-order valence-electron chi connectivity index (χ2n) is 7.04. The summed E-state index contributed by atoms with van der Waals surface area (Å²) < 4.78 is 4.40. The Labute approximate surface area is 166 Å². The first-order chi connectivity index (χ1) is 13.1. The number of hydrogen-bond donors (Lipinski definition) is 1. The lowest BCUT2D eigenvalue weighted by atomic mass is 10.1. The lowest BCUT2D eigenvalue weighted by molar-refractivity contribution is 0.372. The van der Waals surface area contributed by atoms with Gasteiger partial charge in [-0.1, -0.05) is 36.2 Å². The van der Waals surface area contributed by atoms with Gasteiger partial charge in [0.05, 0.1) is 0 Å². The molecule has 1 fully saturated rings. The number of benzene rings is 1. The molecular formula is C20H30N6S. The molecule has 0 bridgehead atoms. The molecule has 1 aliphatic rings. The van der Waals surface area contributed by atoms with Crippen molar-refractivity contribution in [2.24, 2.45) is 4.99 Å². The molecule has 1 aliphatic heterocycles. The van der Waals surface area contributed by atoms with Gasteiger partial charge in [0.25, 0.3) is 0 Å². The molecule has 1 N–H and O–H groups in total. The van der Waals surface area contributed by atoms with E-state index in [4.69, 9.17) is 0 Å². The number of aliphatic imine (C=N–C) groups is 1. The zero-order chi connectivity index (χ0) is 19.2. The summed E-state index contributed by atoms with van der Waals surface area (Å²) in [5, 5.41) is 4.57. The van der Waals surface area contributed by atoms with Crippen LogP contribution >= 0.6 is 11.5 Å². The normalized spacial score (nSPS) is 15.3. The fourth-order valence-electron chi connectivity index (χ4n) is 3.49. The molecule has 0 amide bonds. The fraction of sp³-hybridized carbons (Fsp3) is 0.550. The van der Waals surface area contributed by atoms with Crippen molar-refractivity contribution in [1.29, 1.82) is 0 Å². The first-order valence-electron chi connectivity index (χ1n) is 9.69. The molecule has 0 aliphatic carbocycles. The van der Waals surface area contributed by atoms with Crippen LogP contribution in [0.25, 0.3) is 0 Å². The molecule has 0 atom stereocenters. The van der Waals surface area contributed by atoms with Gasteiger partial charge in [0.2, 0.25) is 5.13 Å². The summed E-state index contributed by atoms with van der Waals surface area (Å²) >= 11 is 1.51. The summed E-state index contributed by atoms with van der Waals surface area (Å²) in [4.78, 5) is 13.8. The van der Waals surface area contributed by atoms with E-state index < -0.39 is 0 Å². The maximum Gasteiger partial charge on any atom is 0.205 e. The van der Waals surface area contributed by atoms with Crippen molar-refractivity contribution in [2.45, 2.75) is 33.6 Å². The van der Waals surface area contributed by atoms with Gasteiger partial charge < -0.3 is 15.1 Å². The Hall–Kier alpha value is -2.15. The largest absolute Gasteiger partial charge is 0.356 e. The van der Waals surface area contributed by atoms with Gasteiger partial charge in [-0.2, -0.15) is 4.37 Å². The Morgan fingerprint density at radius 1 is 1.15 bits per heavy atom. The second-order valence-corrected chi connectivity index (χ2v) is 7.77. The fourth-order valence-corrected chi connectivity index (χ4v) is 4.29. The Balaban J connectivity index is 1.48. The molecule has 3 rings (SSSR count). The number of anilines is 1. The molecule has 0 saturated carbocycles. The van der Waals surface area contributed by atoms with Crippen molar-refractivity contribution in [3.63, 3.8) is 0 Å². The maximum absolute atomic E-state index is 4.61. The summed E-state index contributed by atoms with van der Waals surface area (Å²) in [6.45, 7) is 11.1. The standard InChI is InChI=1S/C20H30N6S/c1-5-18-23-20(27-24-18)26-10-8-25(9-11-26)19(21-4)22-7-6-17-13-15(2)12-16(3)14-17/h12-14H,5-11H2,1-4H3,(H,21,22). The molecule has 2 aromatic rings. The summed E-state index contributed by atoms with van der Waals surface area (Å²) in [5.74, 6) is 1.94. The minimum Gasteiger partial charge on any atom is -0.356 e. The third-order valence-electron chi connectivity index (χ3n) is 4.81. The quantitative estimate of drug-likeness (QED) is 0.632. The van der Waals surface area contributed by atoms with E-state index in [1.54, 1.807) is 0 Å². The number of hydrogen-bond acceptors (Lipinski definition) is 5. The van der Waals surface area contributed by atoms with Gasteiger partial charge in [-0.25, -0.2) is 4.98 Å². The number of nitrogens with one attached hydrogen (secondary N) is 1. The van der Waals surface area contributed by atoms with Gasteiger partial charge in [-0.05, 0) is 25.8 Å². The molecule has 0 spiro atoms. The zero-order valence-corrected chi connectivity index (χ0v) is 17.6. The van der Waals surface area contributed by atoms with Crippen LogP contribution in [0.5, 0.6) is 0 Å². The maximum atomic E-state index is 4.61. The number of nitrogens with zero attached hydrogens (tertiary/aromatic N) is 5. The Bertz CT molecular complexity index is 756. The van der Waals surface area contributed by atoms with Crippen LogP contribution in [-0.2, 0) is 12.8 Å². The number of guanidine groups is 1. The van der Waals surface area contributed by atoms with Gasteiger partial charge in [-0.15, -0.1) is 0 Å². The van der Waals surface area contributed by atoms with E-state index in [0.717, 1.165) is 62.5 Å². The number of piperazine rings is 1. The van der Waals surface area contributed by atoms with Crippen molar-refractivity contribution < 1.29 is 0 Å². The van der Waals surface area contributed by atoms with Crippen molar-refractivity contribution in [3.8, 4) is 0 Å². The first-order valence-corrected chi connectivity index (χ1v) is 10.5. The van der Waals surface area contributed by atoms with Crippen molar-refractivity contribution in [3.05, 3.63) is 40.7 Å². The van der Waals surface area contributed by atoms with Crippen LogP contribution in [0, 0.1) is 13.8 Å². The summed E-state index contributed by atoms with van der Waals surface area (Å²) in [7, 11) is 1.86. The van der Waals surface area contributed by atoms with Gasteiger partial charge in [0.15, 0.2) is 5.96 Å². The van der Waals surface area contributed by atoms with E-state index in [9.17, 15) is 0 Å². The molecule has 1 aromatic carbocycles. The predicted molar refractivity (Wildman–Crippen MR) is 114 cm³/mol. The molecule has 0 unspecified atom stereocenters. The summed E-state index contributed by atoms with van der Waals surface area (Å²) in [6.07, 6.45) is 1.90. The minimum atomic E-state index is 0.895. The van der Waals surface area contributed by atoms with Crippen molar-refractivity contribution >= 4 is 22.6 Å². The second kappa shape index (κ2) is 9.17. The Morgan fingerprint density at radius 2 is 1.85 bits per heavy atom. The average molecular weight is 387 g/mol. The van der Waals surface area contributed by atoms with Crippen LogP contribution in [-0.4, -0.2) is 60.0 Å². The van der Waals surface area contributed by atoms with E-state index >= 15 is 0 Å².